The Labute approximate surface area is 177 Å². The number of rotatable bonds is 4. The van der Waals surface area contributed by atoms with Crippen LogP contribution in [-0.4, -0.2) is 11.8 Å². The molecule has 2 amide bonds. The van der Waals surface area contributed by atoms with Crippen LogP contribution in [0.3, 0.4) is 0 Å². The van der Waals surface area contributed by atoms with Crippen molar-refractivity contribution < 1.29 is 9.59 Å². The zero-order valence-electron chi connectivity index (χ0n) is 16.4. The van der Waals surface area contributed by atoms with Crippen molar-refractivity contribution in [1.29, 1.82) is 0 Å². The largest absolute Gasteiger partial charge is 0.325 e. The van der Waals surface area contributed by atoms with E-state index in [0.717, 1.165) is 42.6 Å². The van der Waals surface area contributed by atoms with Gasteiger partial charge in [-0.25, -0.2) is 0 Å². The molecule has 0 fully saturated rings. The van der Waals surface area contributed by atoms with E-state index in [1.165, 1.54) is 13.8 Å². The van der Waals surface area contributed by atoms with E-state index < -0.39 is 0 Å². The molecule has 0 bridgehead atoms. The molecule has 0 aliphatic heterocycles. The molecule has 0 aromatic heterocycles. The van der Waals surface area contributed by atoms with Gasteiger partial charge in [-0.2, -0.15) is 0 Å². The lowest BCUT2D eigenvalue weighted by Gasteiger charge is -2.31. The molecule has 2 aromatic rings. The lowest BCUT2D eigenvalue weighted by molar-refractivity contribution is -0.115. The van der Waals surface area contributed by atoms with Gasteiger partial charge in [0.05, 0.1) is 11.4 Å². The Bertz CT molecular complexity index is 847. The molecule has 27 heavy (non-hydrogen) atoms. The molecule has 2 N–H and O–H groups in total. The van der Waals surface area contributed by atoms with Crippen LogP contribution in [0.1, 0.15) is 49.9 Å². The van der Waals surface area contributed by atoms with Gasteiger partial charge < -0.3 is 10.6 Å². The second-order valence-electron chi connectivity index (χ2n) is 7.19. The summed E-state index contributed by atoms with van der Waals surface area (Å²) in [5, 5.41) is 5.69. The maximum absolute atomic E-state index is 11.4. The number of anilines is 2. The molecule has 0 saturated heterocycles. The van der Waals surface area contributed by atoms with Crippen molar-refractivity contribution in [1.82, 2.24) is 0 Å². The van der Waals surface area contributed by atoms with Crippen LogP contribution in [0.2, 0.25) is 0 Å². The van der Waals surface area contributed by atoms with Crippen molar-refractivity contribution in [2.75, 3.05) is 10.6 Å². The van der Waals surface area contributed by atoms with Crippen LogP contribution in [0.25, 0.3) is 0 Å². The first-order valence-electron chi connectivity index (χ1n) is 8.61. The first-order valence-corrected chi connectivity index (χ1v) is 10.2. The summed E-state index contributed by atoms with van der Waals surface area (Å²) >= 11 is 7.25. The van der Waals surface area contributed by atoms with Crippen molar-refractivity contribution in [3.05, 3.63) is 55.5 Å². The monoisotopic (exact) mass is 494 g/mol. The molecule has 0 aliphatic rings. The molecular formula is C21H24Br2N2O2. The summed E-state index contributed by atoms with van der Waals surface area (Å²) in [5.41, 5.74) is 5.72. The Morgan fingerprint density at radius 3 is 1.41 bits per heavy atom. The Morgan fingerprint density at radius 2 is 1.11 bits per heavy atom. The van der Waals surface area contributed by atoms with Crippen molar-refractivity contribution in [2.24, 2.45) is 0 Å². The number of amides is 2. The van der Waals surface area contributed by atoms with Gasteiger partial charge in [0.25, 0.3) is 0 Å². The highest BCUT2D eigenvalue weighted by Gasteiger charge is 2.29. The summed E-state index contributed by atoms with van der Waals surface area (Å²) in [4.78, 5) is 22.8. The first kappa shape index (κ1) is 21.6. The summed E-state index contributed by atoms with van der Waals surface area (Å²) in [6.45, 7) is 11.4. The Balaban J connectivity index is 2.56. The smallest absolute Gasteiger partial charge is 0.221 e. The van der Waals surface area contributed by atoms with Crippen molar-refractivity contribution >= 4 is 55.0 Å². The van der Waals surface area contributed by atoms with Gasteiger partial charge in [-0.15, -0.1) is 0 Å². The maximum Gasteiger partial charge on any atom is 0.221 e. The molecule has 0 saturated carbocycles. The number of carbonyl (C=O) groups excluding carboxylic acids is 2. The quantitative estimate of drug-likeness (QED) is 0.540. The van der Waals surface area contributed by atoms with E-state index in [0.29, 0.717) is 0 Å². The second-order valence-corrected chi connectivity index (χ2v) is 8.77. The molecule has 2 rings (SSSR count). The molecule has 4 nitrogen and oxygen atoms in total. The van der Waals surface area contributed by atoms with E-state index in [2.05, 4.69) is 68.5 Å². The van der Waals surface area contributed by atoms with E-state index in [-0.39, 0.29) is 17.2 Å². The van der Waals surface area contributed by atoms with Gasteiger partial charge in [-0.3, -0.25) is 9.59 Å². The van der Waals surface area contributed by atoms with Crippen LogP contribution in [-0.2, 0) is 15.0 Å². The van der Waals surface area contributed by atoms with Gasteiger partial charge in [0.15, 0.2) is 0 Å². The van der Waals surface area contributed by atoms with Crippen molar-refractivity contribution in [2.45, 2.75) is 47.0 Å². The summed E-state index contributed by atoms with van der Waals surface area (Å²) in [6.07, 6.45) is 0. The number of nitrogens with one attached hydrogen (secondary N) is 2. The maximum atomic E-state index is 11.4. The van der Waals surface area contributed by atoms with E-state index in [1.807, 2.05) is 26.0 Å². The summed E-state index contributed by atoms with van der Waals surface area (Å²) in [7, 11) is 0. The van der Waals surface area contributed by atoms with Crippen LogP contribution in [0.4, 0.5) is 11.4 Å². The van der Waals surface area contributed by atoms with Gasteiger partial charge >= 0.3 is 0 Å². The zero-order chi connectivity index (χ0) is 20.5. The third kappa shape index (κ3) is 4.43. The summed E-state index contributed by atoms with van der Waals surface area (Å²) in [5.74, 6) is -0.203. The van der Waals surface area contributed by atoms with E-state index in [1.54, 1.807) is 0 Å². The van der Waals surface area contributed by atoms with Crippen LogP contribution in [0.5, 0.6) is 0 Å². The van der Waals surface area contributed by atoms with Gasteiger partial charge in [0.2, 0.25) is 11.8 Å². The molecule has 0 heterocycles. The Morgan fingerprint density at radius 1 is 0.778 bits per heavy atom. The fraction of sp³-hybridized carbons (Fsp3) is 0.333. The Hall–Kier alpha value is -1.66. The topological polar surface area (TPSA) is 58.2 Å². The summed E-state index contributed by atoms with van der Waals surface area (Å²) < 4.78 is 1.77. The van der Waals surface area contributed by atoms with Gasteiger partial charge in [-0.1, -0.05) is 26.0 Å². The fourth-order valence-electron chi connectivity index (χ4n) is 3.44. The third-order valence-corrected chi connectivity index (χ3v) is 6.78. The number of carbonyl (C=O) groups is 2. The zero-order valence-corrected chi connectivity index (χ0v) is 19.6. The predicted molar refractivity (Wildman–Crippen MR) is 118 cm³/mol. The molecule has 0 radical (unpaired) electrons. The lowest BCUT2D eigenvalue weighted by atomic mass is 9.74. The number of hydrogen-bond donors (Lipinski definition) is 2. The van der Waals surface area contributed by atoms with E-state index in [4.69, 9.17) is 0 Å². The minimum absolute atomic E-state index is 0.101. The molecule has 0 atom stereocenters. The van der Waals surface area contributed by atoms with Crippen LogP contribution >= 0.6 is 31.9 Å². The van der Waals surface area contributed by atoms with E-state index >= 15 is 0 Å². The Kier molecular flexibility index (Phi) is 6.53. The second kappa shape index (κ2) is 8.15. The number of benzene rings is 2. The standard InChI is InChI=1S/C21H24Br2N2O2/c1-11-15(7-9-17(19(11)22)24-13(3)26)21(5,6)16-8-10-18(25-14(4)27)20(23)12(16)2/h7-10H,1-6H3,(H,24,26)(H,25,27). The fourth-order valence-corrected chi connectivity index (χ4v) is 4.33. The van der Waals surface area contributed by atoms with Crippen molar-refractivity contribution in [3.63, 3.8) is 0 Å². The summed E-state index contributed by atoms with van der Waals surface area (Å²) in [6, 6.07) is 7.96. The van der Waals surface area contributed by atoms with Crippen molar-refractivity contribution in [3.8, 4) is 0 Å². The molecule has 2 aromatic carbocycles. The van der Waals surface area contributed by atoms with Crippen LogP contribution in [0, 0.1) is 13.8 Å². The highest BCUT2D eigenvalue weighted by atomic mass is 79.9. The predicted octanol–water partition coefficient (Wildman–Crippen LogP) is 6.07. The highest BCUT2D eigenvalue weighted by Crippen LogP contribution is 2.42. The minimum atomic E-state index is -0.275. The van der Waals surface area contributed by atoms with Gasteiger partial charge in [-0.05, 0) is 80.1 Å². The molecule has 0 spiro atoms. The number of halogens is 2. The van der Waals surface area contributed by atoms with Crippen LogP contribution < -0.4 is 10.6 Å². The first-order chi connectivity index (χ1) is 12.5. The molecule has 6 heteroatoms. The highest BCUT2D eigenvalue weighted by molar-refractivity contribution is 9.11. The van der Waals surface area contributed by atoms with Crippen LogP contribution in [0.15, 0.2) is 33.2 Å². The molecular weight excluding hydrogens is 472 g/mol. The lowest BCUT2D eigenvalue weighted by Crippen LogP contribution is -2.23. The van der Waals surface area contributed by atoms with Gasteiger partial charge in [0.1, 0.15) is 0 Å². The van der Waals surface area contributed by atoms with Gasteiger partial charge in [0, 0.05) is 28.2 Å². The molecule has 144 valence electrons. The SMILES string of the molecule is CC(=O)Nc1ccc(C(C)(C)c2ccc(NC(C)=O)c(Br)c2C)c(C)c1Br. The third-order valence-electron chi connectivity index (χ3n) is 4.74. The normalized spacial score (nSPS) is 11.3. The minimum Gasteiger partial charge on any atom is -0.325 e. The average Bonchev–Trinajstić information content (AvgIpc) is 2.55. The number of hydrogen-bond acceptors (Lipinski definition) is 2. The molecule has 0 aliphatic carbocycles. The van der Waals surface area contributed by atoms with E-state index in [9.17, 15) is 9.59 Å². The molecule has 0 unspecified atom stereocenters. The average molecular weight is 496 g/mol.